The monoisotopic (exact) mass is 495 g/mol. The highest BCUT2D eigenvalue weighted by Crippen LogP contribution is 2.33. The molecule has 1 amide bonds. The van der Waals surface area contributed by atoms with Crippen LogP contribution in [0.2, 0.25) is 0 Å². The summed E-state index contributed by atoms with van der Waals surface area (Å²) in [4.78, 5) is 29.2. The van der Waals surface area contributed by atoms with Gasteiger partial charge in [-0.15, -0.1) is 0 Å². The highest BCUT2D eigenvalue weighted by molar-refractivity contribution is 5.65. The molecule has 1 saturated heterocycles. The van der Waals surface area contributed by atoms with Gasteiger partial charge in [-0.25, -0.2) is 4.79 Å². The summed E-state index contributed by atoms with van der Waals surface area (Å²) in [6.45, 7) is 3.71. The van der Waals surface area contributed by atoms with Crippen LogP contribution in [0, 0.1) is 10.1 Å². The van der Waals surface area contributed by atoms with E-state index in [9.17, 15) is 33.2 Å². The molecule has 35 heavy (non-hydrogen) atoms. The maximum atomic E-state index is 12.8. The van der Waals surface area contributed by atoms with Gasteiger partial charge >= 0.3 is 24.1 Å². The molecule has 2 aliphatic rings. The minimum Gasteiger partial charge on any atom is -0.465 e. The van der Waals surface area contributed by atoms with Gasteiger partial charge in [0.1, 0.15) is 11.8 Å². The summed E-state index contributed by atoms with van der Waals surface area (Å²) in [6.07, 6.45) is -0.0924. The molecule has 10 nitrogen and oxygen atoms in total. The lowest BCUT2D eigenvalue weighted by Crippen LogP contribution is -2.58. The van der Waals surface area contributed by atoms with E-state index in [0.717, 1.165) is 12.1 Å². The van der Waals surface area contributed by atoms with Crippen molar-refractivity contribution in [3.05, 3.63) is 57.8 Å². The maximum absolute atomic E-state index is 12.8. The number of hydrogen-bond acceptors (Lipinski definition) is 6. The number of ether oxygens (including phenoxy) is 1. The van der Waals surface area contributed by atoms with Crippen molar-refractivity contribution < 1.29 is 32.7 Å². The van der Waals surface area contributed by atoms with Crippen molar-refractivity contribution in [1.29, 1.82) is 0 Å². The van der Waals surface area contributed by atoms with Crippen LogP contribution in [0.4, 0.5) is 23.8 Å². The van der Waals surface area contributed by atoms with Crippen LogP contribution in [0.3, 0.4) is 0 Å². The van der Waals surface area contributed by atoms with Gasteiger partial charge in [0.05, 0.1) is 12.1 Å². The number of amides is 1. The Bertz CT molecular complexity index is 1110. The molecule has 13 heteroatoms. The minimum atomic E-state index is -4.40. The van der Waals surface area contributed by atoms with E-state index < -0.39 is 28.4 Å². The van der Waals surface area contributed by atoms with Gasteiger partial charge in [-0.3, -0.25) is 9.47 Å². The molecule has 2 atom stereocenters. The molecule has 0 saturated carbocycles. The number of hydrogen-bond donors (Lipinski definition) is 1. The summed E-state index contributed by atoms with van der Waals surface area (Å²) in [5, 5.41) is 20.4. The zero-order chi connectivity index (χ0) is 25.4. The zero-order valence-electron chi connectivity index (χ0n) is 18.8. The van der Waals surface area contributed by atoms with Crippen molar-refractivity contribution in [2.24, 2.45) is 0 Å². The largest absolute Gasteiger partial charge is 0.465 e. The van der Waals surface area contributed by atoms with E-state index in [4.69, 9.17) is 4.74 Å². The van der Waals surface area contributed by atoms with E-state index in [-0.39, 0.29) is 24.4 Å². The molecule has 0 radical (unpaired) electrons. The fraction of sp³-hybridized carbons (Fsp3) is 0.455. The summed E-state index contributed by atoms with van der Waals surface area (Å²) < 4.78 is 45.8. The fourth-order valence-electron chi connectivity index (χ4n) is 4.44. The van der Waals surface area contributed by atoms with Crippen molar-refractivity contribution in [2.75, 3.05) is 26.2 Å². The summed E-state index contributed by atoms with van der Waals surface area (Å²) >= 11 is 0. The van der Waals surface area contributed by atoms with Crippen molar-refractivity contribution >= 4 is 18.0 Å². The molecule has 0 bridgehead atoms. The van der Waals surface area contributed by atoms with Gasteiger partial charge in [0.25, 0.3) is 0 Å². The van der Waals surface area contributed by atoms with Gasteiger partial charge in [-0.2, -0.15) is 13.2 Å². The quantitative estimate of drug-likeness (QED) is 0.480. The van der Waals surface area contributed by atoms with Gasteiger partial charge < -0.3 is 24.9 Å². The maximum Gasteiger partial charge on any atom is 0.416 e. The molecule has 1 unspecified atom stereocenters. The fourth-order valence-corrected chi connectivity index (χ4v) is 4.44. The first-order chi connectivity index (χ1) is 16.4. The molecule has 0 spiro atoms. The standard InChI is InChI=1S/C22H24F3N5O5/c1-21(14-29-12-18(30(33)34)26-19(29)35-21)13-28-10-9-27(20(31)32)11-17(28)4-2-3-15-5-7-16(8-6-15)22(23,24)25/h2-3,5-8,12,17H,4,9-11,13-14H2,1H3,(H,31,32)/t17?,21-/m1/s1. The molecular weight excluding hydrogens is 471 g/mol. The normalized spacial score (nSPS) is 22.9. The summed E-state index contributed by atoms with van der Waals surface area (Å²) in [6, 6.07) is 4.79. The number of rotatable bonds is 6. The molecule has 0 aliphatic carbocycles. The summed E-state index contributed by atoms with van der Waals surface area (Å²) in [5.74, 6) is -0.289. The van der Waals surface area contributed by atoms with E-state index >= 15 is 0 Å². The third kappa shape index (κ3) is 5.56. The van der Waals surface area contributed by atoms with Gasteiger partial charge in [-0.05, 0) is 36.0 Å². The molecule has 1 N–H and O–H groups in total. The minimum absolute atomic E-state index is 0.169. The molecule has 188 valence electrons. The van der Waals surface area contributed by atoms with Crippen LogP contribution in [-0.4, -0.2) is 73.3 Å². The van der Waals surface area contributed by atoms with Crippen molar-refractivity contribution in [1.82, 2.24) is 19.4 Å². The van der Waals surface area contributed by atoms with Gasteiger partial charge in [0, 0.05) is 37.2 Å². The Morgan fingerprint density at radius 3 is 2.66 bits per heavy atom. The van der Waals surface area contributed by atoms with E-state index in [1.54, 1.807) is 10.6 Å². The van der Waals surface area contributed by atoms with Crippen LogP contribution in [-0.2, 0) is 12.7 Å². The SMILES string of the molecule is C[C@@]1(CN2CCN(C(=O)O)CC2CC=Cc2ccc(C(F)(F)F)cc2)Cn2cc([N+](=O)[O-])nc2O1. The van der Waals surface area contributed by atoms with E-state index in [1.165, 1.54) is 23.2 Å². The topological polar surface area (TPSA) is 114 Å². The second-order valence-electron chi connectivity index (χ2n) is 8.93. The van der Waals surface area contributed by atoms with E-state index in [1.807, 2.05) is 13.0 Å². The third-order valence-electron chi connectivity index (χ3n) is 6.13. The Kier molecular flexibility index (Phi) is 6.45. The van der Waals surface area contributed by atoms with Gasteiger partial charge in [-0.1, -0.05) is 24.3 Å². The highest BCUT2D eigenvalue weighted by atomic mass is 19.4. The van der Waals surface area contributed by atoms with Crippen LogP contribution < -0.4 is 4.74 Å². The zero-order valence-corrected chi connectivity index (χ0v) is 18.8. The molecule has 4 rings (SSSR count). The highest BCUT2D eigenvalue weighted by Gasteiger charge is 2.43. The molecule has 2 aliphatic heterocycles. The molecule has 3 heterocycles. The number of fused-ring (bicyclic) bond motifs is 1. The number of nitrogens with zero attached hydrogens (tertiary/aromatic N) is 5. The smallest absolute Gasteiger partial charge is 0.416 e. The van der Waals surface area contributed by atoms with Crippen LogP contribution in [0.25, 0.3) is 6.08 Å². The number of carbonyl (C=O) groups is 1. The summed E-state index contributed by atoms with van der Waals surface area (Å²) in [7, 11) is 0. The predicted molar refractivity (Wildman–Crippen MR) is 118 cm³/mol. The predicted octanol–water partition coefficient (Wildman–Crippen LogP) is 3.73. The number of imidazole rings is 1. The number of nitro groups is 1. The molecular formula is C22H24F3N5O5. The lowest BCUT2D eigenvalue weighted by Gasteiger charge is -2.42. The molecule has 1 aromatic carbocycles. The first kappa shape index (κ1) is 24.5. The number of carboxylic acid groups (broad SMARTS) is 1. The van der Waals surface area contributed by atoms with E-state index in [0.29, 0.717) is 38.2 Å². The van der Waals surface area contributed by atoms with Crippen LogP contribution in [0.1, 0.15) is 24.5 Å². The number of benzene rings is 1. The van der Waals surface area contributed by atoms with Crippen LogP contribution in [0.5, 0.6) is 6.01 Å². The number of piperazine rings is 1. The Labute approximate surface area is 198 Å². The Morgan fingerprint density at radius 2 is 2.06 bits per heavy atom. The number of halogens is 3. The first-order valence-electron chi connectivity index (χ1n) is 10.9. The van der Waals surface area contributed by atoms with Gasteiger partial charge in [0.2, 0.25) is 0 Å². The molecule has 1 fully saturated rings. The lowest BCUT2D eigenvalue weighted by molar-refractivity contribution is -0.389. The second kappa shape index (κ2) is 9.21. The lowest BCUT2D eigenvalue weighted by atomic mass is 10.0. The average molecular weight is 495 g/mol. The second-order valence-corrected chi connectivity index (χ2v) is 8.93. The van der Waals surface area contributed by atoms with Crippen LogP contribution in [0.15, 0.2) is 36.5 Å². The van der Waals surface area contributed by atoms with Crippen molar-refractivity contribution in [3.8, 4) is 6.01 Å². The molecule has 1 aromatic heterocycles. The average Bonchev–Trinajstić information content (AvgIpc) is 3.29. The van der Waals surface area contributed by atoms with Crippen molar-refractivity contribution in [3.63, 3.8) is 0 Å². The first-order valence-corrected chi connectivity index (χ1v) is 10.9. The van der Waals surface area contributed by atoms with Gasteiger partial charge in [0.15, 0.2) is 0 Å². The summed E-state index contributed by atoms with van der Waals surface area (Å²) in [5.41, 5.74) is -0.827. The number of aromatic nitrogens is 2. The third-order valence-corrected chi connectivity index (χ3v) is 6.13. The van der Waals surface area contributed by atoms with Crippen LogP contribution >= 0.6 is 0 Å². The number of alkyl halides is 3. The Balaban J connectivity index is 1.43. The molecule has 2 aromatic rings. The Hall–Kier alpha value is -3.61. The van der Waals surface area contributed by atoms with E-state index in [2.05, 4.69) is 9.88 Å². The Morgan fingerprint density at radius 1 is 1.34 bits per heavy atom. The van der Waals surface area contributed by atoms with Crippen molar-refractivity contribution in [2.45, 2.75) is 37.7 Å².